The van der Waals surface area contributed by atoms with Gasteiger partial charge in [0.15, 0.2) is 0 Å². The Kier molecular flexibility index (Phi) is 8.16. The molecule has 3 heteroatoms. The standard InChI is InChI=1S/C21H35F3/c1-2-3-11-20(21(22,23)24)12-7-8-17-13-15-19(16-14-17)18-9-5-4-6-10-18/h7-8,17-20H,2-6,9-16H2,1H3. The van der Waals surface area contributed by atoms with Crippen LogP contribution in [0.15, 0.2) is 12.2 Å². The molecule has 0 aliphatic heterocycles. The number of hydrogen-bond acceptors (Lipinski definition) is 0. The molecule has 0 amide bonds. The summed E-state index contributed by atoms with van der Waals surface area (Å²) in [7, 11) is 0. The molecule has 0 aromatic rings. The van der Waals surface area contributed by atoms with Gasteiger partial charge in [0.05, 0.1) is 5.92 Å². The summed E-state index contributed by atoms with van der Waals surface area (Å²) in [5.74, 6) is 1.20. The van der Waals surface area contributed by atoms with Crippen molar-refractivity contribution in [2.45, 2.75) is 96.6 Å². The molecule has 0 nitrogen and oxygen atoms in total. The maximum atomic E-state index is 13.0. The molecule has 0 bridgehead atoms. The van der Waals surface area contributed by atoms with E-state index in [9.17, 15) is 13.2 Å². The molecule has 2 aliphatic carbocycles. The lowest BCUT2D eigenvalue weighted by molar-refractivity contribution is -0.175. The molecule has 0 radical (unpaired) electrons. The van der Waals surface area contributed by atoms with Gasteiger partial charge in [0.25, 0.3) is 0 Å². The summed E-state index contributed by atoms with van der Waals surface area (Å²) in [6.45, 7) is 1.95. The number of hydrogen-bond donors (Lipinski definition) is 0. The van der Waals surface area contributed by atoms with Crippen LogP contribution in [0.1, 0.15) is 90.4 Å². The molecule has 0 saturated heterocycles. The van der Waals surface area contributed by atoms with Crippen LogP contribution in [0.25, 0.3) is 0 Å². The minimum absolute atomic E-state index is 0.173. The summed E-state index contributed by atoms with van der Waals surface area (Å²) in [5.41, 5.74) is 0. The lowest BCUT2D eigenvalue weighted by Crippen LogP contribution is -2.23. The van der Waals surface area contributed by atoms with E-state index in [0.29, 0.717) is 12.3 Å². The van der Waals surface area contributed by atoms with E-state index in [2.05, 4.69) is 6.08 Å². The maximum absolute atomic E-state index is 13.0. The van der Waals surface area contributed by atoms with E-state index in [1.54, 1.807) is 0 Å². The molecular formula is C21H35F3. The summed E-state index contributed by atoms with van der Waals surface area (Å²) >= 11 is 0. The van der Waals surface area contributed by atoms with Crippen LogP contribution in [0.2, 0.25) is 0 Å². The van der Waals surface area contributed by atoms with E-state index < -0.39 is 12.1 Å². The van der Waals surface area contributed by atoms with Crippen molar-refractivity contribution in [3.63, 3.8) is 0 Å². The Bertz CT molecular complexity index is 358. The number of halogens is 3. The minimum atomic E-state index is -4.04. The fraction of sp³-hybridized carbons (Fsp3) is 0.905. The fourth-order valence-corrected chi connectivity index (χ4v) is 4.72. The van der Waals surface area contributed by atoms with E-state index in [-0.39, 0.29) is 12.8 Å². The van der Waals surface area contributed by atoms with E-state index in [4.69, 9.17) is 0 Å². The topological polar surface area (TPSA) is 0 Å². The number of allylic oxidation sites excluding steroid dienone is 2. The van der Waals surface area contributed by atoms with Crippen LogP contribution in [0.3, 0.4) is 0 Å². The average molecular weight is 345 g/mol. The Morgan fingerprint density at radius 1 is 0.917 bits per heavy atom. The van der Waals surface area contributed by atoms with E-state index in [0.717, 1.165) is 18.3 Å². The predicted molar refractivity (Wildman–Crippen MR) is 94.9 cm³/mol. The van der Waals surface area contributed by atoms with E-state index in [1.807, 2.05) is 13.0 Å². The number of rotatable bonds is 7. The predicted octanol–water partition coefficient (Wildman–Crippen LogP) is 7.69. The van der Waals surface area contributed by atoms with Crippen LogP contribution in [0, 0.1) is 23.7 Å². The Morgan fingerprint density at radius 3 is 2.12 bits per heavy atom. The highest BCUT2D eigenvalue weighted by Gasteiger charge is 2.37. The molecule has 2 aliphatic rings. The van der Waals surface area contributed by atoms with Gasteiger partial charge in [-0.15, -0.1) is 0 Å². The Morgan fingerprint density at radius 2 is 1.54 bits per heavy atom. The van der Waals surface area contributed by atoms with E-state index in [1.165, 1.54) is 57.8 Å². The second-order valence-electron chi connectivity index (χ2n) is 8.12. The molecule has 1 unspecified atom stereocenters. The van der Waals surface area contributed by atoms with Gasteiger partial charge in [0, 0.05) is 0 Å². The van der Waals surface area contributed by atoms with Crippen LogP contribution in [0.4, 0.5) is 13.2 Å². The van der Waals surface area contributed by atoms with Gasteiger partial charge in [-0.05, 0) is 56.3 Å². The van der Waals surface area contributed by atoms with Crippen LogP contribution >= 0.6 is 0 Å². The van der Waals surface area contributed by atoms with Gasteiger partial charge in [-0.1, -0.05) is 64.0 Å². The summed E-state index contributed by atoms with van der Waals surface area (Å²) in [5, 5.41) is 0. The fourth-order valence-electron chi connectivity index (χ4n) is 4.72. The van der Waals surface area contributed by atoms with Crippen LogP contribution < -0.4 is 0 Å². The molecule has 0 N–H and O–H groups in total. The lowest BCUT2D eigenvalue weighted by atomic mass is 9.71. The quantitative estimate of drug-likeness (QED) is 0.415. The number of unbranched alkanes of at least 4 members (excludes halogenated alkanes) is 1. The zero-order valence-electron chi connectivity index (χ0n) is 15.3. The van der Waals surface area contributed by atoms with E-state index >= 15 is 0 Å². The first-order valence-corrected chi connectivity index (χ1v) is 10.2. The molecule has 2 fully saturated rings. The molecule has 0 spiro atoms. The monoisotopic (exact) mass is 344 g/mol. The highest BCUT2D eigenvalue weighted by molar-refractivity contribution is 4.94. The smallest absolute Gasteiger partial charge is 0.171 e. The Hall–Kier alpha value is -0.470. The SMILES string of the molecule is CCCCC(CC=CC1CCC(C2CCCCC2)CC1)C(F)(F)F. The molecule has 0 aromatic heterocycles. The zero-order valence-corrected chi connectivity index (χ0v) is 15.3. The van der Waals surface area contributed by atoms with Crippen molar-refractivity contribution in [3.05, 3.63) is 12.2 Å². The molecule has 24 heavy (non-hydrogen) atoms. The Labute approximate surface area is 146 Å². The first kappa shape index (κ1) is 19.8. The normalized spacial score (nSPS) is 28.3. The summed E-state index contributed by atoms with van der Waals surface area (Å²) in [6, 6.07) is 0. The molecule has 2 saturated carbocycles. The third-order valence-electron chi connectivity index (χ3n) is 6.33. The van der Waals surface area contributed by atoms with Crippen molar-refractivity contribution in [2.75, 3.05) is 0 Å². The van der Waals surface area contributed by atoms with Crippen molar-refractivity contribution >= 4 is 0 Å². The highest BCUT2D eigenvalue weighted by Crippen LogP contribution is 2.40. The zero-order chi connectivity index (χ0) is 17.4. The van der Waals surface area contributed by atoms with Crippen LogP contribution in [0.5, 0.6) is 0 Å². The van der Waals surface area contributed by atoms with Crippen molar-refractivity contribution in [3.8, 4) is 0 Å². The molecular weight excluding hydrogens is 309 g/mol. The van der Waals surface area contributed by atoms with Gasteiger partial charge in [-0.25, -0.2) is 0 Å². The minimum Gasteiger partial charge on any atom is -0.171 e. The van der Waals surface area contributed by atoms with Gasteiger partial charge in [-0.2, -0.15) is 13.2 Å². The van der Waals surface area contributed by atoms with Crippen molar-refractivity contribution in [2.24, 2.45) is 23.7 Å². The largest absolute Gasteiger partial charge is 0.392 e. The van der Waals surface area contributed by atoms with Gasteiger partial charge >= 0.3 is 6.18 Å². The van der Waals surface area contributed by atoms with Gasteiger partial charge in [-0.3, -0.25) is 0 Å². The molecule has 0 heterocycles. The molecule has 1 atom stereocenters. The number of alkyl halides is 3. The second-order valence-corrected chi connectivity index (χ2v) is 8.12. The summed E-state index contributed by atoms with van der Waals surface area (Å²) < 4.78 is 39.1. The van der Waals surface area contributed by atoms with Crippen molar-refractivity contribution in [1.82, 2.24) is 0 Å². The third kappa shape index (κ3) is 6.44. The first-order valence-electron chi connectivity index (χ1n) is 10.2. The maximum Gasteiger partial charge on any atom is 0.392 e. The van der Waals surface area contributed by atoms with Gasteiger partial charge in [0.2, 0.25) is 0 Å². The van der Waals surface area contributed by atoms with Gasteiger partial charge < -0.3 is 0 Å². The third-order valence-corrected chi connectivity index (χ3v) is 6.33. The molecule has 2 rings (SSSR count). The van der Waals surface area contributed by atoms with Gasteiger partial charge in [0.1, 0.15) is 0 Å². The Balaban J connectivity index is 1.72. The van der Waals surface area contributed by atoms with Crippen molar-refractivity contribution in [1.29, 1.82) is 0 Å². The first-order chi connectivity index (χ1) is 11.5. The average Bonchev–Trinajstić information content (AvgIpc) is 2.58. The van der Waals surface area contributed by atoms with Crippen LogP contribution in [-0.4, -0.2) is 6.18 Å². The lowest BCUT2D eigenvalue weighted by Gasteiger charge is -2.35. The molecule has 0 aromatic carbocycles. The molecule has 140 valence electrons. The summed E-state index contributed by atoms with van der Waals surface area (Å²) in [4.78, 5) is 0. The highest BCUT2D eigenvalue weighted by atomic mass is 19.4. The van der Waals surface area contributed by atoms with Crippen LogP contribution in [-0.2, 0) is 0 Å². The summed E-state index contributed by atoms with van der Waals surface area (Å²) in [6.07, 6.45) is 13.8. The van der Waals surface area contributed by atoms with Crippen molar-refractivity contribution < 1.29 is 13.2 Å². The second kappa shape index (κ2) is 9.87.